The molecule has 5 nitrogen and oxygen atoms in total. The minimum Gasteiger partial charge on any atom is -0.497 e. The molecule has 122 valence electrons. The van der Waals surface area contributed by atoms with Crippen LogP contribution in [0.15, 0.2) is 48.5 Å². The van der Waals surface area contributed by atoms with Crippen LogP contribution < -0.4 is 15.4 Å². The molecule has 0 radical (unpaired) electrons. The summed E-state index contributed by atoms with van der Waals surface area (Å²) in [5.41, 5.74) is 2.75. The predicted octanol–water partition coefficient (Wildman–Crippen LogP) is 3.51. The number of carbonyl (C=O) groups is 1. The molecular weight excluding hydrogens is 292 g/mol. The van der Waals surface area contributed by atoms with Gasteiger partial charge in [-0.25, -0.2) is 4.79 Å². The first-order valence-corrected chi connectivity index (χ1v) is 7.41. The van der Waals surface area contributed by atoms with Crippen LogP contribution in [0.1, 0.15) is 17.2 Å². The molecule has 0 aromatic heterocycles. The third-order valence-electron chi connectivity index (χ3n) is 3.59. The number of aryl methyl sites for hydroxylation is 1. The monoisotopic (exact) mass is 314 g/mol. The van der Waals surface area contributed by atoms with Crippen molar-refractivity contribution in [3.63, 3.8) is 0 Å². The van der Waals surface area contributed by atoms with E-state index >= 15 is 0 Å². The number of anilines is 1. The second-order valence-corrected chi connectivity index (χ2v) is 5.15. The summed E-state index contributed by atoms with van der Waals surface area (Å²) in [6.07, 6.45) is -0.243. The molecule has 0 aliphatic heterocycles. The second-order valence-electron chi connectivity index (χ2n) is 5.15. The van der Waals surface area contributed by atoms with E-state index in [0.29, 0.717) is 6.54 Å². The number of urea groups is 1. The van der Waals surface area contributed by atoms with Crippen molar-refractivity contribution in [1.29, 1.82) is 0 Å². The van der Waals surface area contributed by atoms with E-state index in [1.165, 1.54) is 0 Å². The first-order chi connectivity index (χ1) is 11.1. The average Bonchev–Trinajstić information content (AvgIpc) is 2.58. The second kappa shape index (κ2) is 8.19. The van der Waals surface area contributed by atoms with Crippen molar-refractivity contribution >= 4 is 11.7 Å². The molecule has 2 N–H and O–H groups in total. The summed E-state index contributed by atoms with van der Waals surface area (Å²) in [5.74, 6) is 0.758. The van der Waals surface area contributed by atoms with Gasteiger partial charge >= 0.3 is 6.03 Å². The largest absolute Gasteiger partial charge is 0.497 e. The Hall–Kier alpha value is -2.53. The number of hydrogen-bond acceptors (Lipinski definition) is 3. The number of nitrogens with one attached hydrogen (secondary N) is 2. The molecular formula is C18H22N2O3. The molecule has 0 heterocycles. The normalized spacial score (nSPS) is 11.6. The van der Waals surface area contributed by atoms with Gasteiger partial charge in [0.25, 0.3) is 0 Å². The summed E-state index contributed by atoms with van der Waals surface area (Å²) in [6, 6.07) is 15.0. The zero-order valence-electron chi connectivity index (χ0n) is 13.6. The molecule has 2 rings (SSSR count). The third-order valence-corrected chi connectivity index (χ3v) is 3.59. The molecule has 0 spiro atoms. The van der Waals surface area contributed by atoms with Crippen molar-refractivity contribution < 1.29 is 14.3 Å². The van der Waals surface area contributed by atoms with E-state index in [1.807, 2.05) is 55.5 Å². The molecule has 1 unspecified atom stereocenters. The number of para-hydroxylation sites is 1. The molecule has 0 saturated heterocycles. The Morgan fingerprint density at radius 2 is 1.91 bits per heavy atom. The van der Waals surface area contributed by atoms with Crippen molar-refractivity contribution in [2.75, 3.05) is 26.1 Å². The summed E-state index contributed by atoms with van der Waals surface area (Å²) in [4.78, 5) is 12.0. The fraction of sp³-hybridized carbons (Fsp3) is 0.278. The van der Waals surface area contributed by atoms with Crippen LogP contribution in [-0.2, 0) is 4.74 Å². The Labute approximate surface area is 136 Å². The number of methoxy groups -OCH3 is 2. The molecule has 0 aliphatic carbocycles. The van der Waals surface area contributed by atoms with Gasteiger partial charge in [0.15, 0.2) is 0 Å². The highest BCUT2D eigenvalue weighted by atomic mass is 16.5. The summed E-state index contributed by atoms with van der Waals surface area (Å²) in [5, 5.41) is 5.66. The van der Waals surface area contributed by atoms with E-state index in [0.717, 1.165) is 22.6 Å². The van der Waals surface area contributed by atoms with Gasteiger partial charge in [0, 0.05) is 19.3 Å². The van der Waals surface area contributed by atoms with E-state index in [1.54, 1.807) is 14.2 Å². The van der Waals surface area contributed by atoms with Crippen molar-refractivity contribution in [3.8, 4) is 5.75 Å². The summed E-state index contributed by atoms with van der Waals surface area (Å²) < 4.78 is 10.7. The Bertz CT molecular complexity index is 658. The number of ether oxygens (including phenoxy) is 2. The quantitative estimate of drug-likeness (QED) is 0.858. The lowest BCUT2D eigenvalue weighted by Gasteiger charge is -2.18. The fourth-order valence-electron chi connectivity index (χ4n) is 2.24. The first-order valence-electron chi connectivity index (χ1n) is 7.41. The van der Waals surface area contributed by atoms with Crippen molar-refractivity contribution in [2.45, 2.75) is 13.0 Å². The van der Waals surface area contributed by atoms with Gasteiger partial charge in [-0.2, -0.15) is 0 Å². The molecule has 0 bridgehead atoms. The highest BCUT2D eigenvalue weighted by molar-refractivity contribution is 5.90. The van der Waals surface area contributed by atoms with Crippen LogP contribution in [0.25, 0.3) is 0 Å². The van der Waals surface area contributed by atoms with Crippen LogP contribution >= 0.6 is 0 Å². The Balaban J connectivity index is 1.94. The summed E-state index contributed by atoms with van der Waals surface area (Å²) >= 11 is 0. The van der Waals surface area contributed by atoms with Gasteiger partial charge in [-0.15, -0.1) is 0 Å². The molecule has 0 aliphatic rings. The number of rotatable bonds is 6. The van der Waals surface area contributed by atoms with E-state index in [9.17, 15) is 4.79 Å². The molecule has 5 heteroatoms. The molecule has 0 fully saturated rings. The zero-order chi connectivity index (χ0) is 16.7. The SMILES string of the molecule is COc1cccc(C(CNC(=O)Nc2ccccc2C)OC)c1. The van der Waals surface area contributed by atoms with Crippen molar-refractivity contribution in [2.24, 2.45) is 0 Å². The lowest BCUT2D eigenvalue weighted by Crippen LogP contribution is -2.33. The van der Waals surface area contributed by atoms with Crippen molar-refractivity contribution in [3.05, 3.63) is 59.7 Å². The van der Waals surface area contributed by atoms with Crippen LogP contribution in [0, 0.1) is 6.92 Å². The number of carbonyl (C=O) groups excluding carboxylic acids is 1. The summed E-state index contributed by atoms with van der Waals surface area (Å²) in [6.45, 7) is 2.31. The standard InChI is InChI=1S/C18H22N2O3/c1-13-7-4-5-10-16(13)20-18(21)19-12-17(23-3)14-8-6-9-15(11-14)22-2/h4-11,17H,12H2,1-3H3,(H2,19,20,21). The predicted molar refractivity (Wildman–Crippen MR) is 90.9 cm³/mol. The van der Waals surface area contributed by atoms with Crippen LogP contribution in [0.4, 0.5) is 10.5 Å². The molecule has 2 amide bonds. The lowest BCUT2D eigenvalue weighted by molar-refractivity contribution is 0.104. The number of benzene rings is 2. The highest BCUT2D eigenvalue weighted by Crippen LogP contribution is 2.21. The van der Waals surface area contributed by atoms with Crippen LogP contribution in [0.3, 0.4) is 0 Å². The van der Waals surface area contributed by atoms with E-state index in [2.05, 4.69) is 10.6 Å². The lowest BCUT2D eigenvalue weighted by atomic mass is 10.1. The Morgan fingerprint density at radius 1 is 1.13 bits per heavy atom. The van der Waals surface area contributed by atoms with Gasteiger partial charge in [-0.1, -0.05) is 30.3 Å². The topological polar surface area (TPSA) is 59.6 Å². The molecule has 23 heavy (non-hydrogen) atoms. The average molecular weight is 314 g/mol. The van der Waals surface area contributed by atoms with Gasteiger partial charge in [0.2, 0.25) is 0 Å². The van der Waals surface area contributed by atoms with E-state index < -0.39 is 0 Å². The maximum Gasteiger partial charge on any atom is 0.319 e. The van der Waals surface area contributed by atoms with Gasteiger partial charge in [-0.05, 0) is 36.2 Å². The van der Waals surface area contributed by atoms with E-state index in [4.69, 9.17) is 9.47 Å². The van der Waals surface area contributed by atoms with Gasteiger partial charge in [-0.3, -0.25) is 0 Å². The highest BCUT2D eigenvalue weighted by Gasteiger charge is 2.13. The first kappa shape index (κ1) is 16.8. The molecule has 2 aromatic rings. The van der Waals surface area contributed by atoms with Crippen LogP contribution in [-0.4, -0.2) is 26.8 Å². The maximum absolute atomic E-state index is 12.0. The van der Waals surface area contributed by atoms with E-state index in [-0.39, 0.29) is 12.1 Å². The van der Waals surface area contributed by atoms with Crippen LogP contribution in [0.5, 0.6) is 5.75 Å². The summed E-state index contributed by atoms with van der Waals surface area (Å²) in [7, 11) is 3.24. The smallest absolute Gasteiger partial charge is 0.319 e. The number of amides is 2. The molecule has 2 aromatic carbocycles. The minimum absolute atomic E-state index is 0.243. The van der Waals surface area contributed by atoms with Gasteiger partial charge < -0.3 is 20.1 Å². The Kier molecular flexibility index (Phi) is 6.00. The van der Waals surface area contributed by atoms with Gasteiger partial charge in [0.05, 0.1) is 13.2 Å². The zero-order valence-corrected chi connectivity index (χ0v) is 13.6. The van der Waals surface area contributed by atoms with Crippen molar-refractivity contribution in [1.82, 2.24) is 5.32 Å². The molecule has 1 atom stereocenters. The molecule has 0 saturated carbocycles. The number of hydrogen-bond donors (Lipinski definition) is 2. The van der Waals surface area contributed by atoms with Crippen LogP contribution in [0.2, 0.25) is 0 Å². The third kappa shape index (κ3) is 4.72. The Morgan fingerprint density at radius 3 is 2.61 bits per heavy atom. The van der Waals surface area contributed by atoms with Gasteiger partial charge in [0.1, 0.15) is 5.75 Å². The minimum atomic E-state index is -0.260. The fourth-order valence-corrected chi connectivity index (χ4v) is 2.24. The maximum atomic E-state index is 12.0.